The van der Waals surface area contributed by atoms with Crippen LogP contribution in [0.15, 0.2) is 6.07 Å². The number of carbonyl (C=O) groups is 1. The van der Waals surface area contributed by atoms with E-state index in [1.165, 1.54) is 22.3 Å². The summed E-state index contributed by atoms with van der Waals surface area (Å²) in [6.07, 6.45) is 0.839. The molecule has 0 saturated carbocycles. The highest BCUT2D eigenvalue weighted by Crippen LogP contribution is 2.22. The SMILES string of the molecule is Cc1cc(CCC(=O)O)c(C)c(C)c1C. The lowest BCUT2D eigenvalue weighted by Crippen LogP contribution is -2.02. The van der Waals surface area contributed by atoms with Gasteiger partial charge in [-0.05, 0) is 61.9 Å². The van der Waals surface area contributed by atoms with Crippen LogP contribution < -0.4 is 0 Å². The van der Waals surface area contributed by atoms with Gasteiger partial charge in [0.05, 0.1) is 0 Å². The van der Waals surface area contributed by atoms with E-state index in [4.69, 9.17) is 5.11 Å². The van der Waals surface area contributed by atoms with E-state index in [1.807, 2.05) is 0 Å². The van der Waals surface area contributed by atoms with Crippen LogP contribution in [-0.4, -0.2) is 11.1 Å². The molecule has 2 nitrogen and oxygen atoms in total. The van der Waals surface area contributed by atoms with E-state index in [0.29, 0.717) is 6.42 Å². The van der Waals surface area contributed by atoms with Gasteiger partial charge in [-0.2, -0.15) is 0 Å². The molecule has 0 aliphatic carbocycles. The Balaban J connectivity index is 3.04. The molecular weight excluding hydrogens is 188 g/mol. The van der Waals surface area contributed by atoms with Gasteiger partial charge in [0, 0.05) is 6.42 Å². The molecule has 0 aliphatic heterocycles. The molecule has 0 saturated heterocycles. The van der Waals surface area contributed by atoms with Gasteiger partial charge in [0.1, 0.15) is 0 Å². The monoisotopic (exact) mass is 206 g/mol. The second kappa shape index (κ2) is 4.47. The van der Waals surface area contributed by atoms with Gasteiger partial charge in [-0.3, -0.25) is 4.79 Å². The number of hydrogen-bond donors (Lipinski definition) is 1. The van der Waals surface area contributed by atoms with Crippen molar-refractivity contribution in [2.45, 2.75) is 40.5 Å². The molecule has 2 heteroatoms. The van der Waals surface area contributed by atoms with Gasteiger partial charge in [0.15, 0.2) is 0 Å². The minimum Gasteiger partial charge on any atom is -0.481 e. The summed E-state index contributed by atoms with van der Waals surface area (Å²) in [5.41, 5.74) is 6.25. The normalized spacial score (nSPS) is 10.4. The fourth-order valence-corrected chi connectivity index (χ4v) is 1.80. The molecule has 0 atom stereocenters. The zero-order valence-electron chi connectivity index (χ0n) is 9.85. The van der Waals surface area contributed by atoms with Crippen molar-refractivity contribution in [3.8, 4) is 0 Å². The number of hydrogen-bond acceptors (Lipinski definition) is 1. The average molecular weight is 206 g/mol. The number of carboxylic acid groups (broad SMARTS) is 1. The number of aryl methyl sites for hydroxylation is 2. The third-order valence-electron chi connectivity index (χ3n) is 3.20. The first-order valence-electron chi connectivity index (χ1n) is 5.21. The maximum Gasteiger partial charge on any atom is 0.303 e. The molecule has 0 heterocycles. The molecule has 1 aromatic carbocycles. The van der Waals surface area contributed by atoms with Gasteiger partial charge in [0.2, 0.25) is 0 Å². The summed E-state index contributed by atoms with van der Waals surface area (Å²) in [7, 11) is 0. The number of aliphatic carboxylic acids is 1. The van der Waals surface area contributed by atoms with Crippen molar-refractivity contribution in [2.24, 2.45) is 0 Å². The first kappa shape index (κ1) is 11.8. The van der Waals surface area contributed by atoms with Crippen molar-refractivity contribution in [2.75, 3.05) is 0 Å². The Hall–Kier alpha value is -1.31. The van der Waals surface area contributed by atoms with Crippen LogP contribution in [-0.2, 0) is 11.2 Å². The molecule has 0 aromatic heterocycles. The van der Waals surface area contributed by atoms with Crippen LogP contribution in [0.2, 0.25) is 0 Å². The number of carboxylic acids is 1. The summed E-state index contributed by atoms with van der Waals surface area (Å²) in [4.78, 5) is 10.5. The van der Waals surface area contributed by atoms with Crippen molar-refractivity contribution < 1.29 is 9.90 Å². The molecule has 0 spiro atoms. The third kappa shape index (κ3) is 2.58. The predicted octanol–water partition coefficient (Wildman–Crippen LogP) is 2.94. The Kier molecular flexibility index (Phi) is 3.51. The Labute approximate surface area is 90.9 Å². The average Bonchev–Trinajstić information content (AvgIpc) is 2.18. The summed E-state index contributed by atoms with van der Waals surface area (Å²) in [6.45, 7) is 8.35. The predicted molar refractivity (Wildman–Crippen MR) is 61.3 cm³/mol. The molecular formula is C13H18O2. The standard InChI is InChI=1S/C13H18O2/c1-8-7-12(5-6-13(14)15)11(4)10(3)9(8)2/h7H,5-6H2,1-4H3,(H,14,15). The van der Waals surface area contributed by atoms with Crippen molar-refractivity contribution in [1.29, 1.82) is 0 Å². The van der Waals surface area contributed by atoms with Gasteiger partial charge < -0.3 is 5.11 Å². The van der Waals surface area contributed by atoms with Crippen LogP contribution >= 0.6 is 0 Å². The largest absolute Gasteiger partial charge is 0.481 e. The third-order valence-corrected chi connectivity index (χ3v) is 3.20. The molecule has 0 radical (unpaired) electrons. The van der Waals surface area contributed by atoms with E-state index in [-0.39, 0.29) is 6.42 Å². The molecule has 0 unspecified atom stereocenters. The van der Waals surface area contributed by atoms with Crippen LogP contribution in [0.3, 0.4) is 0 Å². The van der Waals surface area contributed by atoms with Crippen molar-refractivity contribution in [1.82, 2.24) is 0 Å². The number of rotatable bonds is 3. The van der Waals surface area contributed by atoms with Crippen molar-refractivity contribution in [3.05, 3.63) is 33.9 Å². The van der Waals surface area contributed by atoms with Gasteiger partial charge in [-0.15, -0.1) is 0 Å². The maximum absolute atomic E-state index is 10.5. The van der Waals surface area contributed by atoms with E-state index >= 15 is 0 Å². The second-order valence-electron chi connectivity index (χ2n) is 4.12. The van der Waals surface area contributed by atoms with E-state index < -0.39 is 5.97 Å². The summed E-state index contributed by atoms with van der Waals surface area (Å²) in [6, 6.07) is 2.11. The minimum absolute atomic E-state index is 0.211. The van der Waals surface area contributed by atoms with Gasteiger partial charge in [0.25, 0.3) is 0 Å². The zero-order valence-corrected chi connectivity index (χ0v) is 9.85. The lowest BCUT2D eigenvalue weighted by atomic mass is 9.92. The van der Waals surface area contributed by atoms with E-state index in [9.17, 15) is 4.79 Å². The van der Waals surface area contributed by atoms with E-state index in [1.54, 1.807) is 0 Å². The van der Waals surface area contributed by atoms with E-state index in [2.05, 4.69) is 33.8 Å². The van der Waals surface area contributed by atoms with Crippen molar-refractivity contribution in [3.63, 3.8) is 0 Å². The molecule has 82 valence electrons. The lowest BCUT2D eigenvalue weighted by molar-refractivity contribution is -0.136. The Morgan fingerprint density at radius 2 is 1.73 bits per heavy atom. The summed E-state index contributed by atoms with van der Waals surface area (Å²) >= 11 is 0. The molecule has 0 bridgehead atoms. The molecule has 0 aliphatic rings. The lowest BCUT2D eigenvalue weighted by Gasteiger charge is -2.13. The quantitative estimate of drug-likeness (QED) is 0.825. The van der Waals surface area contributed by atoms with E-state index in [0.717, 1.165) is 5.56 Å². The maximum atomic E-state index is 10.5. The topological polar surface area (TPSA) is 37.3 Å². The Morgan fingerprint density at radius 3 is 2.27 bits per heavy atom. The summed E-state index contributed by atoms with van der Waals surface area (Å²) in [5, 5.41) is 8.66. The van der Waals surface area contributed by atoms with Gasteiger partial charge >= 0.3 is 5.97 Å². The van der Waals surface area contributed by atoms with Crippen LogP contribution in [0.25, 0.3) is 0 Å². The molecule has 1 rings (SSSR count). The molecule has 15 heavy (non-hydrogen) atoms. The van der Waals surface area contributed by atoms with Gasteiger partial charge in [-0.1, -0.05) is 6.07 Å². The van der Waals surface area contributed by atoms with Crippen LogP contribution in [0.1, 0.15) is 34.2 Å². The summed E-state index contributed by atoms with van der Waals surface area (Å²) in [5.74, 6) is -0.731. The van der Waals surface area contributed by atoms with Gasteiger partial charge in [-0.25, -0.2) is 0 Å². The first-order valence-corrected chi connectivity index (χ1v) is 5.21. The highest BCUT2D eigenvalue weighted by Gasteiger charge is 2.08. The number of benzene rings is 1. The Bertz CT molecular complexity index is 392. The summed E-state index contributed by atoms with van der Waals surface area (Å²) < 4.78 is 0. The molecule has 1 aromatic rings. The smallest absolute Gasteiger partial charge is 0.303 e. The van der Waals surface area contributed by atoms with Crippen LogP contribution in [0, 0.1) is 27.7 Å². The fourth-order valence-electron chi connectivity index (χ4n) is 1.80. The highest BCUT2D eigenvalue weighted by atomic mass is 16.4. The van der Waals surface area contributed by atoms with Crippen LogP contribution in [0.4, 0.5) is 0 Å². The molecule has 0 amide bonds. The fraction of sp³-hybridized carbons (Fsp3) is 0.462. The molecule has 1 N–H and O–H groups in total. The highest BCUT2D eigenvalue weighted by molar-refractivity contribution is 5.67. The molecule has 0 fully saturated rings. The van der Waals surface area contributed by atoms with Crippen molar-refractivity contribution >= 4 is 5.97 Å². The first-order chi connectivity index (χ1) is 6.93. The minimum atomic E-state index is -0.731. The second-order valence-corrected chi connectivity index (χ2v) is 4.12. The van der Waals surface area contributed by atoms with Crippen LogP contribution in [0.5, 0.6) is 0 Å². The zero-order chi connectivity index (χ0) is 11.6. The Morgan fingerprint density at radius 1 is 1.13 bits per heavy atom.